The normalized spacial score (nSPS) is 14.4. The Balaban J connectivity index is 2.17. The van der Waals surface area contributed by atoms with Crippen LogP contribution in [0.25, 0.3) is 0 Å². The lowest BCUT2D eigenvalue weighted by Crippen LogP contribution is -2.33. The Hall–Kier alpha value is -1.65. The maximum atomic E-state index is 11.8. The van der Waals surface area contributed by atoms with E-state index in [1.54, 1.807) is 30.3 Å². The van der Waals surface area contributed by atoms with Crippen molar-refractivity contribution in [3.63, 3.8) is 0 Å². The number of hydroxylamine groups is 1. The van der Waals surface area contributed by atoms with E-state index in [0.717, 1.165) is 6.42 Å². The number of anilines is 1. The van der Waals surface area contributed by atoms with Gasteiger partial charge in [-0.05, 0) is 36.8 Å². The standard InChI is InChI=1S/C12H11ClN2O2/c13-9-4-6-10(7-5-9)15(17)12(16)11-3-1-2-8-14-11/h1,3-7,17H,2,8H2. The summed E-state index contributed by atoms with van der Waals surface area (Å²) in [5.74, 6) is -0.539. The number of hydrogen-bond acceptors (Lipinski definition) is 3. The fraction of sp³-hybridized carbons (Fsp3) is 0.167. The van der Waals surface area contributed by atoms with E-state index in [4.69, 9.17) is 11.6 Å². The first-order valence-electron chi connectivity index (χ1n) is 5.18. The highest BCUT2D eigenvalue weighted by Crippen LogP contribution is 2.17. The van der Waals surface area contributed by atoms with Gasteiger partial charge in [0.05, 0.1) is 5.69 Å². The molecular formula is C12H11ClN2O2. The van der Waals surface area contributed by atoms with Gasteiger partial charge in [-0.25, -0.2) is 0 Å². The van der Waals surface area contributed by atoms with Gasteiger partial charge in [0.25, 0.3) is 5.91 Å². The Kier molecular flexibility index (Phi) is 3.56. The van der Waals surface area contributed by atoms with Gasteiger partial charge in [-0.15, -0.1) is 0 Å². The number of benzene rings is 1. The van der Waals surface area contributed by atoms with Crippen LogP contribution in [0.1, 0.15) is 6.42 Å². The van der Waals surface area contributed by atoms with Crippen LogP contribution in [0.3, 0.4) is 0 Å². The third-order valence-corrected chi connectivity index (χ3v) is 2.59. The highest BCUT2D eigenvalue weighted by Gasteiger charge is 2.18. The second kappa shape index (κ2) is 5.12. The minimum atomic E-state index is -0.539. The van der Waals surface area contributed by atoms with Crippen molar-refractivity contribution in [1.82, 2.24) is 0 Å². The van der Waals surface area contributed by atoms with Crippen molar-refractivity contribution in [2.24, 2.45) is 4.99 Å². The lowest BCUT2D eigenvalue weighted by Gasteiger charge is -2.15. The van der Waals surface area contributed by atoms with Crippen LogP contribution in [0.5, 0.6) is 0 Å². The lowest BCUT2D eigenvalue weighted by molar-refractivity contribution is -0.117. The minimum absolute atomic E-state index is 0.258. The van der Waals surface area contributed by atoms with Gasteiger partial charge in [0.15, 0.2) is 0 Å². The van der Waals surface area contributed by atoms with Gasteiger partial charge in [-0.3, -0.25) is 15.0 Å². The maximum Gasteiger partial charge on any atom is 0.300 e. The molecule has 0 radical (unpaired) electrons. The van der Waals surface area contributed by atoms with E-state index in [-0.39, 0.29) is 5.71 Å². The Labute approximate surface area is 104 Å². The Morgan fingerprint density at radius 3 is 2.65 bits per heavy atom. The second-order valence-corrected chi connectivity index (χ2v) is 3.99. The number of aliphatic imine (C=N–C) groups is 1. The molecule has 0 aromatic heterocycles. The largest absolute Gasteiger partial charge is 0.300 e. The van der Waals surface area contributed by atoms with Crippen LogP contribution < -0.4 is 5.06 Å². The molecule has 0 saturated heterocycles. The number of dihydropyridines is 1. The number of halogens is 1. The van der Waals surface area contributed by atoms with Crippen LogP contribution in [0.4, 0.5) is 5.69 Å². The van der Waals surface area contributed by atoms with Gasteiger partial charge in [-0.1, -0.05) is 17.7 Å². The zero-order valence-corrected chi connectivity index (χ0v) is 9.76. The second-order valence-electron chi connectivity index (χ2n) is 3.55. The molecule has 1 heterocycles. The quantitative estimate of drug-likeness (QED) is 0.648. The van der Waals surface area contributed by atoms with E-state index < -0.39 is 5.91 Å². The van der Waals surface area contributed by atoms with Crippen molar-refractivity contribution in [3.05, 3.63) is 41.4 Å². The molecule has 2 rings (SSSR count). The molecule has 0 fully saturated rings. The number of carbonyl (C=O) groups excluding carboxylic acids is 1. The van der Waals surface area contributed by atoms with E-state index in [9.17, 15) is 10.0 Å². The van der Waals surface area contributed by atoms with Crippen LogP contribution in [0.2, 0.25) is 5.02 Å². The van der Waals surface area contributed by atoms with Gasteiger partial charge in [-0.2, -0.15) is 5.06 Å². The van der Waals surface area contributed by atoms with E-state index in [0.29, 0.717) is 22.3 Å². The molecule has 1 aromatic carbocycles. The summed E-state index contributed by atoms with van der Waals surface area (Å²) in [6.45, 7) is 0.575. The summed E-state index contributed by atoms with van der Waals surface area (Å²) in [4.78, 5) is 15.9. The summed E-state index contributed by atoms with van der Waals surface area (Å²) in [6, 6.07) is 6.33. The number of rotatable bonds is 2. The molecule has 0 spiro atoms. The fourth-order valence-corrected chi connectivity index (χ4v) is 1.58. The topological polar surface area (TPSA) is 52.9 Å². The molecule has 0 saturated carbocycles. The Morgan fingerprint density at radius 2 is 2.06 bits per heavy atom. The summed E-state index contributed by atoms with van der Waals surface area (Å²) in [7, 11) is 0. The van der Waals surface area contributed by atoms with Gasteiger partial charge < -0.3 is 0 Å². The molecule has 5 heteroatoms. The highest BCUT2D eigenvalue weighted by molar-refractivity contribution is 6.47. The SMILES string of the molecule is O=C(C1=NCCC=C1)N(O)c1ccc(Cl)cc1. The molecule has 88 valence electrons. The van der Waals surface area contributed by atoms with Gasteiger partial charge in [0.1, 0.15) is 5.71 Å². The number of amides is 1. The Bertz CT molecular complexity index is 480. The molecule has 0 unspecified atom stereocenters. The van der Waals surface area contributed by atoms with Crippen LogP contribution in [-0.4, -0.2) is 23.4 Å². The molecule has 17 heavy (non-hydrogen) atoms. The van der Waals surface area contributed by atoms with E-state index in [2.05, 4.69) is 4.99 Å². The van der Waals surface area contributed by atoms with Crippen LogP contribution in [-0.2, 0) is 4.79 Å². The van der Waals surface area contributed by atoms with E-state index in [1.165, 1.54) is 0 Å². The minimum Gasteiger partial charge on any atom is -0.281 e. The average Bonchev–Trinajstić information content (AvgIpc) is 2.39. The predicted octanol–water partition coefficient (Wildman–Crippen LogP) is 2.46. The predicted molar refractivity (Wildman–Crippen MR) is 66.8 cm³/mol. The molecule has 1 aromatic rings. The third-order valence-electron chi connectivity index (χ3n) is 2.34. The maximum absolute atomic E-state index is 11.8. The van der Waals surface area contributed by atoms with Crippen LogP contribution in [0.15, 0.2) is 41.4 Å². The zero-order chi connectivity index (χ0) is 12.3. The summed E-state index contributed by atoms with van der Waals surface area (Å²) in [5.41, 5.74) is 0.620. The third kappa shape index (κ3) is 2.72. The molecule has 0 bridgehead atoms. The average molecular weight is 251 g/mol. The van der Waals surface area contributed by atoms with Gasteiger partial charge >= 0.3 is 0 Å². The molecule has 0 aliphatic carbocycles. The first-order valence-corrected chi connectivity index (χ1v) is 5.56. The van der Waals surface area contributed by atoms with Crippen molar-refractivity contribution in [1.29, 1.82) is 0 Å². The monoisotopic (exact) mass is 250 g/mol. The van der Waals surface area contributed by atoms with Crippen LogP contribution >= 0.6 is 11.6 Å². The molecule has 1 aliphatic heterocycles. The summed E-state index contributed by atoms with van der Waals surface area (Å²) in [5, 5.41) is 10.9. The van der Waals surface area contributed by atoms with Crippen molar-refractivity contribution in [2.45, 2.75) is 6.42 Å². The van der Waals surface area contributed by atoms with Crippen LogP contribution in [0, 0.1) is 0 Å². The van der Waals surface area contributed by atoms with Crippen molar-refractivity contribution in [3.8, 4) is 0 Å². The number of nitrogens with zero attached hydrogens (tertiary/aromatic N) is 2. The van der Waals surface area contributed by atoms with Crippen molar-refractivity contribution < 1.29 is 10.0 Å². The molecule has 1 amide bonds. The highest BCUT2D eigenvalue weighted by atomic mass is 35.5. The smallest absolute Gasteiger partial charge is 0.281 e. The molecule has 0 atom stereocenters. The molecule has 1 N–H and O–H groups in total. The lowest BCUT2D eigenvalue weighted by atomic mass is 10.2. The molecule has 1 aliphatic rings. The zero-order valence-electron chi connectivity index (χ0n) is 9.01. The summed E-state index contributed by atoms with van der Waals surface area (Å²) >= 11 is 5.72. The summed E-state index contributed by atoms with van der Waals surface area (Å²) in [6.07, 6.45) is 4.30. The van der Waals surface area contributed by atoms with E-state index >= 15 is 0 Å². The molecular weight excluding hydrogens is 240 g/mol. The first-order chi connectivity index (χ1) is 8.18. The molecule has 4 nitrogen and oxygen atoms in total. The van der Waals surface area contributed by atoms with Gasteiger partial charge in [0.2, 0.25) is 0 Å². The number of hydrogen-bond donors (Lipinski definition) is 1. The van der Waals surface area contributed by atoms with E-state index in [1.807, 2.05) is 6.08 Å². The Morgan fingerprint density at radius 1 is 1.35 bits per heavy atom. The fourth-order valence-electron chi connectivity index (χ4n) is 1.45. The van der Waals surface area contributed by atoms with Gasteiger partial charge in [0, 0.05) is 11.6 Å². The summed E-state index contributed by atoms with van der Waals surface area (Å²) < 4.78 is 0. The number of carbonyl (C=O) groups is 1. The van der Waals surface area contributed by atoms with Crippen molar-refractivity contribution >= 4 is 28.9 Å². The van der Waals surface area contributed by atoms with Crippen molar-refractivity contribution in [2.75, 3.05) is 11.6 Å². The first kappa shape index (κ1) is 11.8.